The van der Waals surface area contributed by atoms with Gasteiger partial charge in [0.2, 0.25) is 0 Å². The molecule has 0 spiro atoms. The maximum Gasteiger partial charge on any atom is 0.338 e. The summed E-state index contributed by atoms with van der Waals surface area (Å²) in [6.45, 7) is -0.0501. The summed E-state index contributed by atoms with van der Waals surface area (Å²) in [5, 5.41) is 3.93. The summed E-state index contributed by atoms with van der Waals surface area (Å²) in [6, 6.07) is 38.9. The molecule has 1 saturated heterocycles. The predicted octanol–water partition coefficient (Wildman–Crippen LogP) is 5.24. The van der Waals surface area contributed by atoms with E-state index in [1.54, 1.807) is 24.3 Å². The zero-order valence-corrected chi connectivity index (χ0v) is 25.8. The minimum atomic E-state index is -0.821. The molecular formula is C35H30IN3O5. The Morgan fingerprint density at radius 3 is 1.86 bits per heavy atom. The Kier molecular flexibility index (Phi) is 8.87. The fourth-order valence-electron chi connectivity index (χ4n) is 5.79. The number of esters is 1. The highest BCUT2D eigenvalue weighted by Crippen LogP contribution is 2.40. The van der Waals surface area contributed by atoms with E-state index < -0.39 is 35.1 Å². The summed E-state index contributed by atoms with van der Waals surface area (Å²) < 4.78 is 14.0. The Bertz CT molecular complexity index is 1730. The molecule has 1 aromatic heterocycles. The number of nitrogens with zero attached hydrogens (tertiary/aromatic N) is 1. The molecule has 0 amide bonds. The van der Waals surface area contributed by atoms with Crippen LogP contribution in [0.5, 0.6) is 0 Å². The van der Waals surface area contributed by atoms with Crippen molar-refractivity contribution in [2.45, 2.75) is 30.3 Å². The van der Waals surface area contributed by atoms with Gasteiger partial charge in [0.15, 0.2) is 0 Å². The maximum atomic E-state index is 13.0. The third-order valence-corrected chi connectivity index (χ3v) is 8.65. The number of aromatic nitrogens is 2. The quantitative estimate of drug-likeness (QED) is 0.124. The molecule has 0 radical (unpaired) electrons. The van der Waals surface area contributed by atoms with Crippen LogP contribution < -0.4 is 16.6 Å². The first-order valence-corrected chi connectivity index (χ1v) is 15.4. The highest BCUT2D eigenvalue weighted by Gasteiger charge is 2.45. The van der Waals surface area contributed by atoms with Crippen LogP contribution in [0.15, 0.2) is 137 Å². The molecule has 9 heteroatoms. The van der Waals surface area contributed by atoms with Gasteiger partial charge in [0.1, 0.15) is 18.9 Å². The van der Waals surface area contributed by atoms with Gasteiger partial charge in [-0.2, -0.15) is 0 Å². The summed E-state index contributed by atoms with van der Waals surface area (Å²) in [5.41, 5.74) is 1.62. The summed E-state index contributed by atoms with van der Waals surface area (Å²) in [4.78, 5) is 40.4. The number of halogens is 1. The van der Waals surface area contributed by atoms with Gasteiger partial charge in [0.05, 0.1) is 14.7 Å². The second kappa shape index (κ2) is 13.1. The first-order valence-electron chi connectivity index (χ1n) is 14.3. The van der Waals surface area contributed by atoms with E-state index in [4.69, 9.17) is 9.47 Å². The van der Waals surface area contributed by atoms with Crippen LogP contribution in [-0.2, 0) is 15.0 Å². The summed E-state index contributed by atoms with van der Waals surface area (Å²) in [7, 11) is 0. The van der Waals surface area contributed by atoms with Crippen molar-refractivity contribution in [1.82, 2.24) is 14.9 Å². The van der Waals surface area contributed by atoms with E-state index in [0.29, 0.717) is 15.6 Å². The van der Waals surface area contributed by atoms with Crippen LogP contribution in [0.25, 0.3) is 0 Å². The van der Waals surface area contributed by atoms with Crippen molar-refractivity contribution in [3.05, 3.63) is 174 Å². The SMILES string of the molecule is O=C(OC[C@H]1O[C@@H](n2cc(I)c(=O)[nH]c2=O)C[C@@H]1NC(c1ccccc1)(c1ccccc1)c1ccccc1)c1ccccc1. The van der Waals surface area contributed by atoms with Crippen molar-refractivity contribution in [2.24, 2.45) is 0 Å². The Balaban J connectivity index is 1.43. The molecule has 5 aromatic rings. The number of benzene rings is 4. The van der Waals surface area contributed by atoms with Crippen molar-refractivity contribution < 1.29 is 14.3 Å². The smallest absolute Gasteiger partial charge is 0.338 e. The highest BCUT2D eigenvalue weighted by atomic mass is 127. The van der Waals surface area contributed by atoms with E-state index in [0.717, 1.165) is 16.7 Å². The molecule has 0 unspecified atom stereocenters. The Labute approximate surface area is 267 Å². The molecule has 1 fully saturated rings. The maximum absolute atomic E-state index is 13.0. The van der Waals surface area contributed by atoms with Crippen LogP contribution in [0.4, 0.5) is 0 Å². The Morgan fingerprint density at radius 1 is 0.841 bits per heavy atom. The third kappa shape index (κ3) is 6.03. The van der Waals surface area contributed by atoms with E-state index >= 15 is 0 Å². The number of rotatable bonds is 9. The van der Waals surface area contributed by atoms with Crippen molar-refractivity contribution in [1.29, 1.82) is 0 Å². The molecule has 222 valence electrons. The normalized spacial score (nSPS) is 18.2. The molecule has 44 heavy (non-hydrogen) atoms. The van der Waals surface area contributed by atoms with Crippen LogP contribution >= 0.6 is 22.6 Å². The van der Waals surface area contributed by atoms with Gasteiger partial charge in [-0.05, 0) is 51.4 Å². The van der Waals surface area contributed by atoms with Gasteiger partial charge >= 0.3 is 11.7 Å². The van der Waals surface area contributed by atoms with Crippen LogP contribution in [0.3, 0.4) is 0 Å². The monoisotopic (exact) mass is 699 g/mol. The minimum absolute atomic E-state index is 0.0501. The molecule has 1 aliphatic rings. The lowest BCUT2D eigenvalue weighted by molar-refractivity contribution is -0.0390. The average molecular weight is 700 g/mol. The van der Waals surface area contributed by atoms with Gasteiger partial charge in [-0.25, -0.2) is 9.59 Å². The van der Waals surface area contributed by atoms with Gasteiger partial charge in [-0.1, -0.05) is 109 Å². The number of nitrogens with one attached hydrogen (secondary N) is 2. The Hall–Kier alpha value is -4.32. The molecule has 3 atom stereocenters. The van der Waals surface area contributed by atoms with E-state index in [1.807, 2.05) is 83.3 Å². The first kappa shape index (κ1) is 29.7. The minimum Gasteiger partial charge on any atom is -0.459 e. The molecular weight excluding hydrogens is 669 g/mol. The summed E-state index contributed by atoms with van der Waals surface area (Å²) >= 11 is 1.90. The van der Waals surface area contributed by atoms with Gasteiger partial charge < -0.3 is 9.47 Å². The second-order valence-electron chi connectivity index (χ2n) is 10.6. The van der Waals surface area contributed by atoms with Crippen LogP contribution in [-0.4, -0.2) is 34.3 Å². The summed E-state index contributed by atoms with van der Waals surface area (Å²) in [6.07, 6.45) is 0.523. The van der Waals surface area contributed by atoms with Crippen molar-refractivity contribution in [2.75, 3.05) is 6.61 Å². The van der Waals surface area contributed by atoms with Gasteiger partial charge in [0, 0.05) is 18.7 Å². The molecule has 0 saturated carbocycles. The average Bonchev–Trinajstić information content (AvgIpc) is 3.47. The molecule has 0 bridgehead atoms. The first-order chi connectivity index (χ1) is 21.5. The molecule has 0 aliphatic carbocycles. The standard InChI is InChI=1S/C35H30IN3O5/c36-28-22-39(34(42)37-32(28)40)31-21-29(30(44-31)23-43-33(41)24-13-5-1-6-14-24)38-35(25-15-7-2-8-16-25,26-17-9-3-10-18-26)27-19-11-4-12-20-27/h1-20,22,29-31,38H,21,23H2,(H,37,40,42)/t29-,30+,31+/m0/s1. The molecule has 2 heterocycles. The summed E-state index contributed by atoms with van der Waals surface area (Å²) in [5.74, 6) is -0.465. The number of H-pyrrole nitrogens is 1. The molecule has 2 N–H and O–H groups in total. The van der Waals surface area contributed by atoms with Crippen LogP contribution in [0.1, 0.15) is 39.7 Å². The van der Waals surface area contributed by atoms with E-state index in [2.05, 4.69) is 46.7 Å². The fourth-order valence-corrected chi connectivity index (χ4v) is 6.23. The molecule has 8 nitrogen and oxygen atoms in total. The van der Waals surface area contributed by atoms with Crippen molar-refractivity contribution in [3.8, 4) is 0 Å². The number of hydrogen-bond donors (Lipinski definition) is 2. The highest BCUT2D eigenvalue weighted by molar-refractivity contribution is 14.1. The molecule has 4 aromatic carbocycles. The van der Waals surface area contributed by atoms with E-state index in [9.17, 15) is 14.4 Å². The van der Waals surface area contributed by atoms with Gasteiger partial charge in [-0.3, -0.25) is 19.7 Å². The second-order valence-corrected chi connectivity index (χ2v) is 11.7. The zero-order chi connectivity index (χ0) is 30.5. The molecule has 1 aliphatic heterocycles. The fraction of sp³-hybridized carbons (Fsp3) is 0.171. The van der Waals surface area contributed by atoms with Crippen LogP contribution in [0.2, 0.25) is 0 Å². The van der Waals surface area contributed by atoms with Crippen molar-refractivity contribution >= 4 is 28.6 Å². The largest absolute Gasteiger partial charge is 0.459 e. The van der Waals surface area contributed by atoms with Crippen molar-refractivity contribution in [3.63, 3.8) is 0 Å². The Morgan fingerprint density at radius 2 is 1.34 bits per heavy atom. The van der Waals surface area contributed by atoms with Crippen LogP contribution in [0, 0.1) is 3.57 Å². The molecule has 6 rings (SSSR count). The number of hydrogen-bond acceptors (Lipinski definition) is 6. The van der Waals surface area contributed by atoms with Gasteiger partial charge in [-0.15, -0.1) is 0 Å². The number of carbonyl (C=O) groups excluding carboxylic acids is 1. The topological polar surface area (TPSA) is 102 Å². The lowest BCUT2D eigenvalue weighted by Crippen LogP contribution is -2.53. The lowest BCUT2D eigenvalue weighted by Gasteiger charge is -2.40. The predicted molar refractivity (Wildman–Crippen MR) is 175 cm³/mol. The number of aromatic amines is 1. The van der Waals surface area contributed by atoms with E-state index in [1.165, 1.54) is 10.8 Å². The number of ether oxygens (including phenoxy) is 2. The van der Waals surface area contributed by atoms with E-state index in [-0.39, 0.29) is 12.6 Å². The zero-order valence-electron chi connectivity index (χ0n) is 23.6. The van der Waals surface area contributed by atoms with Gasteiger partial charge in [0.25, 0.3) is 5.56 Å². The number of carbonyl (C=O) groups is 1. The lowest BCUT2D eigenvalue weighted by atomic mass is 9.76. The third-order valence-electron chi connectivity index (χ3n) is 7.88.